The molecule has 0 amide bonds. The maximum Gasteiger partial charge on any atom is 0.115 e. The molecule has 0 aromatic carbocycles. The highest BCUT2D eigenvalue weighted by molar-refractivity contribution is 5.03. The van der Waals surface area contributed by atoms with Crippen LogP contribution in [0.3, 0.4) is 0 Å². The number of hydrogen-bond acceptors (Lipinski definition) is 3. The van der Waals surface area contributed by atoms with Crippen molar-refractivity contribution in [3.05, 3.63) is 0 Å². The number of hydrogen-bond donors (Lipinski definition) is 0. The van der Waals surface area contributed by atoms with Crippen molar-refractivity contribution in [2.24, 2.45) is 5.92 Å². The van der Waals surface area contributed by atoms with Gasteiger partial charge in [0.05, 0.1) is 18.8 Å². The van der Waals surface area contributed by atoms with E-state index in [4.69, 9.17) is 14.2 Å². The minimum Gasteiger partial charge on any atom is -0.376 e. The van der Waals surface area contributed by atoms with E-state index < -0.39 is 0 Å². The van der Waals surface area contributed by atoms with Crippen molar-refractivity contribution in [3.8, 4) is 0 Å². The van der Waals surface area contributed by atoms with Gasteiger partial charge in [-0.3, -0.25) is 0 Å². The molecule has 0 bridgehead atoms. The fraction of sp³-hybridized carbons (Fsp3) is 1.00. The summed E-state index contributed by atoms with van der Waals surface area (Å²) in [4.78, 5) is 0. The molecule has 0 aliphatic carbocycles. The smallest absolute Gasteiger partial charge is 0.115 e. The first-order valence-corrected chi connectivity index (χ1v) is 4.47. The highest BCUT2D eigenvalue weighted by atomic mass is 16.6. The summed E-state index contributed by atoms with van der Waals surface area (Å²) in [5.41, 5.74) is -0.110. The Morgan fingerprint density at radius 1 is 1.42 bits per heavy atom. The van der Waals surface area contributed by atoms with Gasteiger partial charge in [-0.05, 0) is 6.92 Å². The topological polar surface area (TPSA) is 27.7 Å². The summed E-state index contributed by atoms with van der Waals surface area (Å²) in [6.45, 7) is 5.75. The minimum absolute atomic E-state index is 0.110. The molecule has 0 radical (unpaired) electrons. The van der Waals surface area contributed by atoms with Crippen LogP contribution >= 0.6 is 0 Å². The van der Waals surface area contributed by atoms with E-state index in [1.54, 1.807) is 7.11 Å². The third kappa shape index (κ3) is 0.934. The third-order valence-corrected chi connectivity index (χ3v) is 3.27. The quantitative estimate of drug-likeness (QED) is 0.586. The Labute approximate surface area is 73.0 Å². The van der Waals surface area contributed by atoms with Crippen molar-refractivity contribution >= 4 is 0 Å². The second-order valence-electron chi connectivity index (χ2n) is 3.92. The molecule has 3 heteroatoms. The Bertz CT molecular complexity index is 183. The molecule has 2 saturated heterocycles. The molecule has 3 nitrogen and oxygen atoms in total. The zero-order valence-electron chi connectivity index (χ0n) is 7.87. The lowest BCUT2D eigenvalue weighted by atomic mass is 9.88. The minimum atomic E-state index is -0.110. The Hall–Kier alpha value is -0.120. The van der Waals surface area contributed by atoms with Gasteiger partial charge in [0, 0.05) is 13.0 Å². The molecule has 2 aliphatic heterocycles. The van der Waals surface area contributed by atoms with Gasteiger partial charge in [0.15, 0.2) is 0 Å². The van der Waals surface area contributed by atoms with Crippen LogP contribution in [0.15, 0.2) is 0 Å². The molecule has 4 atom stereocenters. The maximum absolute atomic E-state index is 5.73. The zero-order chi connectivity index (χ0) is 8.77. The van der Waals surface area contributed by atoms with Crippen LogP contribution < -0.4 is 0 Å². The second-order valence-corrected chi connectivity index (χ2v) is 3.92. The molecular weight excluding hydrogens is 156 g/mol. The molecule has 70 valence electrons. The van der Waals surface area contributed by atoms with E-state index in [1.807, 2.05) is 0 Å². The fourth-order valence-corrected chi connectivity index (χ4v) is 2.10. The molecule has 0 aromatic heterocycles. The van der Waals surface area contributed by atoms with Crippen molar-refractivity contribution in [1.82, 2.24) is 0 Å². The largest absolute Gasteiger partial charge is 0.376 e. The molecule has 2 fully saturated rings. The monoisotopic (exact) mass is 172 g/mol. The van der Waals surface area contributed by atoms with E-state index in [1.165, 1.54) is 0 Å². The molecule has 1 unspecified atom stereocenters. The van der Waals surface area contributed by atoms with Crippen LogP contribution in [-0.4, -0.2) is 38.1 Å². The van der Waals surface area contributed by atoms with Crippen molar-refractivity contribution in [2.45, 2.75) is 31.7 Å². The van der Waals surface area contributed by atoms with Gasteiger partial charge in [0.25, 0.3) is 0 Å². The van der Waals surface area contributed by atoms with Crippen LogP contribution in [-0.2, 0) is 14.2 Å². The Kier molecular flexibility index (Phi) is 1.90. The predicted octanol–water partition coefficient (Wildman–Crippen LogP) is 0.825. The number of ether oxygens (including phenoxy) is 3. The SMILES string of the molecule is COC1CO[C@]2(C)[C@H](C)CO[C@H]12. The van der Waals surface area contributed by atoms with Gasteiger partial charge in [0.1, 0.15) is 12.2 Å². The van der Waals surface area contributed by atoms with Crippen LogP contribution in [0.4, 0.5) is 0 Å². The van der Waals surface area contributed by atoms with E-state index >= 15 is 0 Å². The Balaban J connectivity index is 2.17. The van der Waals surface area contributed by atoms with Gasteiger partial charge in [-0.2, -0.15) is 0 Å². The highest BCUT2D eigenvalue weighted by Crippen LogP contribution is 2.41. The van der Waals surface area contributed by atoms with E-state index in [9.17, 15) is 0 Å². The van der Waals surface area contributed by atoms with Gasteiger partial charge < -0.3 is 14.2 Å². The number of fused-ring (bicyclic) bond motifs is 1. The van der Waals surface area contributed by atoms with Crippen LogP contribution in [0.2, 0.25) is 0 Å². The van der Waals surface area contributed by atoms with Crippen LogP contribution in [0.1, 0.15) is 13.8 Å². The van der Waals surface area contributed by atoms with Gasteiger partial charge in [-0.15, -0.1) is 0 Å². The fourth-order valence-electron chi connectivity index (χ4n) is 2.10. The zero-order valence-corrected chi connectivity index (χ0v) is 7.87. The average molecular weight is 172 g/mol. The lowest BCUT2D eigenvalue weighted by molar-refractivity contribution is -0.0298. The summed E-state index contributed by atoms with van der Waals surface area (Å²) < 4.78 is 16.7. The van der Waals surface area contributed by atoms with Gasteiger partial charge >= 0.3 is 0 Å². The van der Waals surface area contributed by atoms with E-state index in [0.29, 0.717) is 12.5 Å². The molecule has 2 rings (SSSR count). The highest BCUT2D eigenvalue weighted by Gasteiger charge is 2.55. The van der Waals surface area contributed by atoms with Crippen molar-refractivity contribution in [3.63, 3.8) is 0 Å². The summed E-state index contributed by atoms with van der Waals surface area (Å²) in [6.07, 6.45) is 0.262. The average Bonchev–Trinajstić information content (AvgIpc) is 2.51. The lowest BCUT2D eigenvalue weighted by Gasteiger charge is -2.26. The molecule has 0 aromatic rings. The first-order valence-electron chi connectivity index (χ1n) is 4.47. The second kappa shape index (κ2) is 2.69. The van der Waals surface area contributed by atoms with Gasteiger partial charge in [-0.25, -0.2) is 0 Å². The molecule has 0 N–H and O–H groups in total. The summed E-state index contributed by atoms with van der Waals surface area (Å²) in [5, 5.41) is 0. The van der Waals surface area contributed by atoms with Crippen LogP contribution in [0.25, 0.3) is 0 Å². The van der Waals surface area contributed by atoms with Crippen molar-refractivity contribution in [2.75, 3.05) is 20.3 Å². The molecule has 2 heterocycles. The first kappa shape index (κ1) is 8.48. The van der Waals surface area contributed by atoms with Gasteiger partial charge in [0.2, 0.25) is 0 Å². The van der Waals surface area contributed by atoms with E-state index in [-0.39, 0.29) is 17.8 Å². The summed E-state index contributed by atoms with van der Waals surface area (Å²) in [7, 11) is 1.71. The maximum atomic E-state index is 5.73. The van der Waals surface area contributed by atoms with Crippen LogP contribution in [0, 0.1) is 5.92 Å². The standard InChI is InChI=1S/C9H16O3/c1-6-4-11-8-7(10-3)5-12-9(6,8)2/h6-8H,4-5H2,1-3H3/t6-,7?,8-,9-/m1/s1. The number of rotatable bonds is 1. The Morgan fingerprint density at radius 3 is 2.83 bits per heavy atom. The number of methoxy groups -OCH3 is 1. The third-order valence-electron chi connectivity index (χ3n) is 3.27. The van der Waals surface area contributed by atoms with Crippen molar-refractivity contribution < 1.29 is 14.2 Å². The molecule has 12 heavy (non-hydrogen) atoms. The first-order chi connectivity index (χ1) is 5.68. The summed E-state index contributed by atoms with van der Waals surface area (Å²) in [6, 6.07) is 0. The Morgan fingerprint density at radius 2 is 2.17 bits per heavy atom. The molecule has 0 spiro atoms. The van der Waals surface area contributed by atoms with Crippen molar-refractivity contribution in [1.29, 1.82) is 0 Å². The van der Waals surface area contributed by atoms with Crippen LogP contribution in [0.5, 0.6) is 0 Å². The lowest BCUT2D eigenvalue weighted by Crippen LogP contribution is -2.40. The van der Waals surface area contributed by atoms with Gasteiger partial charge in [-0.1, -0.05) is 6.92 Å². The van der Waals surface area contributed by atoms with E-state index in [0.717, 1.165) is 6.61 Å². The normalized spacial score (nSPS) is 52.8. The molecule has 2 aliphatic rings. The van der Waals surface area contributed by atoms with E-state index in [2.05, 4.69) is 13.8 Å². The predicted molar refractivity (Wildman–Crippen MR) is 44.1 cm³/mol. The molecule has 0 saturated carbocycles. The summed E-state index contributed by atoms with van der Waals surface area (Å²) in [5.74, 6) is 0.475. The summed E-state index contributed by atoms with van der Waals surface area (Å²) >= 11 is 0. The molecular formula is C9H16O3.